The molecule has 1 aliphatic rings. The number of ether oxygens (including phenoxy) is 1. The maximum absolute atomic E-state index is 12.2. The summed E-state index contributed by atoms with van der Waals surface area (Å²) in [5.74, 6) is -0.299. The molecule has 1 fully saturated rings. The van der Waals surface area contributed by atoms with Gasteiger partial charge in [-0.1, -0.05) is 0 Å². The zero-order valence-electron chi connectivity index (χ0n) is 16.0. The molecule has 26 heavy (non-hydrogen) atoms. The number of piperazine rings is 1. The molecule has 2 amide bonds. The van der Waals surface area contributed by atoms with E-state index in [9.17, 15) is 9.59 Å². The first-order valence-corrected chi connectivity index (χ1v) is 9.07. The molecule has 0 aliphatic carbocycles. The van der Waals surface area contributed by atoms with Crippen molar-refractivity contribution < 1.29 is 14.3 Å². The van der Waals surface area contributed by atoms with Crippen molar-refractivity contribution in [1.29, 1.82) is 0 Å². The van der Waals surface area contributed by atoms with E-state index < -0.39 is 0 Å². The zero-order chi connectivity index (χ0) is 18.9. The SMILES string of the molecule is COCCCN(CC(=O)Nc1ccc(N2CCN(C)CC2)cc1)C(C)=O. The number of anilines is 2. The molecule has 1 aromatic carbocycles. The maximum Gasteiger partial charge on any atom is 0.243 e. The van der Waals surface area contributed by atoms with Crippen LogP contribution >= 0.6 is 0 Å². The summed E-state index contributed by atoms with van der Waals surface area (Å²) in [5.41, 5.74) is 1.91. The second-order valence-corrected chi connectivity index (χ2v) is 6.67. The smallest absolute Gasteiger partial charge is 0.243 e. The standard InChI is InChI=1S/C19H30N4O3/c1-16(24)23(9-4-14-26-3)15-19(25)20-17-5-7-18(8-6-17)22-12-10-21(2)11-13-22/h5-8H,4,9-15H2,1-3H3,(H,20,25). The first kappa shape index (κ1) is 20.2. The van der Waals surface area contributed by atoms with Gasteiger partial charge >= 0.3 is 0 Å². The van der Waals surface area contributed by atoms with Gasteiger partial charge in [0.15, 0.2) is 0 Å². The highest BCUT2D eigenvalue weighted by Gasteiger charge is 2.15. The zero-order valence-corrected chi connectivity index (χ0v) is 16.0. The van der Waals surface area contributed by atoms with Crippen molar-refractivity contribution in [3.8, 4) is 0 Å². The van der Waals surface area contributed by atoms with Gasteiger partial charge in [-0.2, -0.15) is 0 Å². The van der Waals surface area contributed by atoms with Gasteiger partial charge in [-0.25, -0.2) is 0 Å². The van der Waals surface area contributed by atoms with Crippen molar-refractivity contribution in [2.75, 3.05) is 70.2 Å². The molecule has 1 saturated heterocycles. The largest absolute Gasteiger partial charge is 0.385 e. The number of hydrogen-bond acceptors (Lipinski definition) is 5. The van der Waals surface area contributed by atoms with E-state index in [0.29, 0.717) is 19.6 Å². The van der Waals surface area contributed by atoms with Gasteiger partial charge < -0.3 is 24.8 Å². The van der Waals surface area contributed by atoms with Crippen LogP contribution in [0, 0.1) is 0 Å². The minimum absolute atomic E-state index is 0.0548. The van der Waals surface area contributed by atoms with E-state index in [1.165, 1.54) is 17.5 Å². The number of nitrogens with one attached hydrogen (secondary N) is 1. The molecule has 7 nitrogen and oxygen atoms in total. The number of likely N-dealkylation sites (N-methyl/N-ethyl adjacent to an activating group) is 1. The van der Waals surface area contributed by atoms with E-state index in [0.717, 1.165) is 31.9 Å². The molecule has 1 N–H and O–H groups in total. The Morgan fingerprint density at radius 3 is 2.38 bits per heavy atom. The molecule has 1 heterocycles. The number of benzene rings is 1. The molecule has 2 rings (SSSR count). The minimum Gasteiger partial charge on any atom is -0.385 e. The number of methoxy groups -OCH3 is 1. The summed E-state index contributed by atoms with van der Waals surface area (Å²) in [7, 11) is 3.76. The third-order valence-corrected chi connectivity index (χ3v) is 4.58. The summed E-state index contributed by atoms with van der Waals surface area (Å²) >= 11 is 0. The van der Waals surface area contributed by atoms with Crippen molar-refractivity contribution in [1.82, 2.24) is 9.80 Å². The van der Waals surface area contributed by atoms with Gasteiger partial charge in [0.1, 0.15) is 0 Å². The van der Waals surface area contributed by atoms with E-state index >= 15 is 0 Å². The molecule has 0 spiro atoms. The minimum atomic E-state index is -0.190. The maximum atomic E-state index is 12.2. The van der Waals surface area contributed by atoms with Crippen LogP contribution in [0.5, 0.6) is 0 Å². The lowest BCUT2D eigenvalue weighted by Gasteiger charge is -2.34. The Hall–Kier alpha value is -2.12. The van der Waals surface area contributed by atoms with Gasteiger partial charge in [0.2, 0.25) is 11.8 Å². The van der Waals surface area contributed by atoms with Crippen LogP contribution in [0.1, 0.15) is 13.3 Å². The average molecular weight is 362 g/mol. The van der Waals surface area contributed by atoms with Crippen LogP contribution in [0.2, 0.25) is 0 Å². The van der Waals surface area contributed by atoms with Crippen LogP contribution in [-0.2, 0) is 14.3 Å². The van der Waals surface area contributed by atoms with Crippen molar-refractivity contribution in [2.45, 2.75) is 13.3 Å². The van der Waals surface area contributed by atoms with Gasteiger partial charge in [0, 0.05) is 64.7 Å². The van der Waals surface area contributed by atoms with Crippen molar-refractivity contribution in [3.63, 3.8) is 0 Å². The first-order valence-electron chi connectivity index (χ1n) is 9.07. The Balaban J connectivity index is 1.85. The molecule has 7 heteroatoms. The van der Waals surface area contributed by atoms with Gasteiger partial charge in [-0.15, -0.1) is 0 Å². The van der Waals surface area contributed by atoms with Crippen molar-refractivity contribution >= 4 is 23.2 Å². The van der Waals surface area contributed by atoms with E-state index in [-0.39, 0.29) is 18.4 Å². The average Bonchev–Trinajstić information content (AvgIpc) is 2.62. The number of amides is 2. The van der Waals surface area contributed by atoms with Crippen LogP contribution in [0.25, 0.3) is 0 Å². The molecule has 0 radical (unpaired) electrons. The molecular weight excluding hydrogens is 332 g/mol. The quantitative estimate of drug-likeness (QED) is 0.706. The number of hydrogen-bond donors (Lipinski definition) is 1. The second-order valence-electron chi connectivity index (χ2n) is 6.67. The molecule has 0 aromatic heterocycles. The summed E-state index contributed by atoms with van der Waals surface area (Å²) in [6, 6.07) is 7.88. The fraction of sp³-hybridized carbons (Fsp3) is 0.579. The fourth-order valence-corrected chi connectivity index (χ4v) is 2.94. The molecular formula is C19H30N4O3. The Kier molecular flexibility index (Phi) is 7.87. The molecule has 0 unspecified atom stereocenters. The van der Waals surface area contributed by atoms with Crippen LogP contribution in [0.3, 0.4) is 0 Å². The molecule has 0 atom stereocenters. The summed E-state index contributed by atoms with van der Waals surface area (Å²) in [6.45, 7) is 6.75. The third-order valence-electron chi connectivity index (χ3n) is 4.58. The predicted octanol–water partition coefficient (Wildman–Crippen LogP) is 1.26. The molecule has 144 valence electrons. The van der Waals surface area contributed by atoms with E-state index in [2.05, 4.69) is 22.2 Å². The molecule has 1 aliphatic heterocycles. The first-order chi connectivity index (χ1) is 12.5. The Morgan fingerprint density at radius 2 is 1.81 bits per heavy atom. The highest BCUT2D eigenvalue weighted by atomic mass is 16.5. The lowest BCUT2D eigenvalue weighted by molar-refractivity contribution is -0.132. The van der Waals surface area contributed by atoms with Gasteiger partial charge in [0.05, 0.1) is 6.54 Å². The van der Waals surface area contributed by atoms with Gasteiger partial charge in [-0.05, 0) is 37.7 Å². The fourth-order valence-electron chi connectivity index (χ4n) is 2.94. The normalized spacial score (nSPS) is 15.0. The highest BCUT2D eigenvalue weighted by Crippen LogP contribution is 2.19. The number of carbonyl (C=O) groups is 2. The Labute approximate surface area is 155 Å². The lowest BCUT2D eigenvalue weighted by Crippen LogP contribution is -2.44. The topological polar surface area (TPSA) is 65.1 Å². The van der Waals surface area contributed by atoms with E-state index in [1.54, 1.807) is 7.11 Å². The van der Waals surface area contributed by atoms with Crippen LogP contribution in [0.4, 0.5) is 11.4 Å². The predicted molar refractivity (Wildman–Crippen MR) is 104 cm³/mol. The summed E-state index contributed by atoms with van der Waals surface area (Å²) in [5, 5.41) is 2.86. The summed E-state index contributed by atoms with van der Waals surface area (Å²) < 4.78 is 4.99. The summed E-state index contributed by atoms with van der Waals surface area (Å²) in [4.78, 5) is 30.1. The number of carbonyl (C=O) groups excluding carboxylic acids is 2. The van der Waals surface area contributed by atoms with Crippen LogP contribution in [0.15, 0.2) is 24.3 Å². The second kappa shape index (κ2) is 10.1. The molecule has 0 saturated carbocycles. The van der Waals surface area contributed by atoms with Gasteiger partial charge in [-0.3, -0.25) is 9.59 Å². The Bertz CT molecular complexity index is 583. The lowest BCUT2D eigenvalue weighted by atomic mass is 10.2. The van der Waals surface area contributed by atoms with E-state index in [1.807, 2.05) is 24.3 Å². The number of rotatable bonds is 8. The van der Waals surface area contributed by atoms with Crippen LogP contribution in [-0.4, -0.2) is 81.6 Å². The summed E-state index contributed by atoms with van der Waals surface area (Å²) in [6.07, 6.45) is 0.711. The van der Waals surface area contributed by atoms with Crippen molar-refractivity contribution in [2.24, 2.45) is 0 Å². The van der Waals surface area contributed by atoms with Crippen LogP contribution < -0.4 is 10.2 Å². The number of nitrogens with zero attached hydrogens (tertiary/aromatic N) is 3. The highest BCUT2D eigenvalue weighted by molar-refractivity contribution is 5.94. The van der Waals surface area contributed by atoms with Crippen molar-refractivity contribution in [3.05, 3.63) is 24.3 Å². The third kappa shape index (κ3) is 6.31. The molecule has 0 bridgehead atoms. The van der Waals surface area contributed by atoms with E-state index in [4.69, 9.17) is 4.74 Å². The van der Waals surface area contributed by atoms with Gasteiger partial charge in [0.25, 0.3) is 0 Å². The Morgan fingerprint density at radius 1 is 1.15 bits per heavy atom. The monoisotopic (exact) mass is 362 g/mol. The molecule has 1 aromatic rings.